The minimum absolute atomic E-state index is 0.0273. The third kappa shape index (κ3) is 15.4. The Labute approximate surface area is 378 Å². The van der Waals surface area contributed by atoms with Gasteiger partial charge in [0.05, 0.1) is 19.5 Å². The number of nitrogens with zero attached hydrogens (tertiary/aromatic N) is 1. The van der Waals surface area contributed by atoms with E-state index in [9.17, 15) is 58.8 Å². The first-order valence-corrected chi connectivity index (χ1v) is 21.0. The number of phenolic OH excluding ortho intramolecular Hbond substituents is 1. The van der Waals surface area contributed by atoms with Crippen LogP contribution in [0.1, 0.15) is 49.9 Å². The second-order valence-electron chi connectivity index (χ2n) is 16.0. The summed E-state index contributed by atoms with van der Waals surface area (Å²) in [5.74, 6) is -8.04. The van der Waals surface area contributed by atoms with Crippen molar-refractivity contribution in [3.63, 3.8) is 0 Å². The van der Waals surface area contributed by atoms with Gasteiger partial charge in [-0.05, 0) is 48.1 Å². The SMILES string of the molecule is CC(C)C[C@H](NC(=O)[C@H](CO)NC(=O)[C@@H](N)CO)C(=O)N[C@@H](Cc1cnc[nH]1)C(=O)N[C@@H](Cc1c[nH]c2ccccc12)C(=O)N[C@@H](Cc1ccc(O)cc1)C(=O)N[C@@H](CCC(N)=O)C(=O)O. The van der Waals surface area contributed by atoms with Gasteiger partial charge in [-0.3, -0.25) is 33.6 Å². The Bertz CT molecular complexity index is 2300. The predicted octanol–water partition coefficient (Wildman–Crippen LogP) is -2.76. The number of carboxylic acid groups (broad SMARTS) is 1. The van der Waals surface area contributed by atoms with Crippen LogP contribution in [0, 0.1) is 5.92 Å². The van der Waals surface area contributed by atoms with E-state index in [0.29, 0.717) is 27.7 Å². The normalized spacial score (nSPS) is 14.4. The van der Waals surface area contributed by atoms with Crippen molar-refractivity contribution in [2.24, 2.45) is 17.4 Å². The van der Waals surface area contributed by atoms with Gasteiger partial charge in [0, 0.05) is 54.7 Å². The van der Waals surface area contributed by atoms with E-state index in [-0.39, 0.29) is 50.2 Å². The van der Waals surface area contributed by atoms with Gasteiger partial charge < -0.3 is 73.8 Å². The third-order valence-corrected chi connectivity index (χ3v) is 10.3. The molecule has 0 radical (unpaired) electrons. The maximum Gasteiger partial charge on any atom is 0.326 e. The number of imidazole rings is 1. The van der Waals surface area contributed by atoms with Crippen LogP contribution in [0.25, 0.3) is 10.9 Å². The van der Waals surface area contributed by atoms with Gasteiger partial charge in [-0.15, -0.1) is 0 Å². The molecule has 0 bridgehead atoms. The van der Waals surface area contributed by atoms with Gasteiger partial charge >= 0.3 is 5.97 Å². The van der Waals surface area contributed by atoms with Gasteiger partial charge in [0.1, 0.15) is 48.0 Å². The molecule has 0 saturated heterocycles. The molecule has 0 aliphatic heterocycles. The number of carbonyl (C=O) groups is 8. The number of hydrogen-bond acceptors (Lipinski definition) is 13. The number of aromatic nitrogens is 3. The van der Waals surface area contributed by atoms with Gasteiger partial charge in [-0.25, -0.2) is 9.78 Å². The standard InChI is InChI=1S/C43H57N11O12/c1-22(2)13-31(50-42(64)35(20-56)54-37(59)28(44)19-55)38(60)53-34(16-25-18-46-21-48-25)41(63)52-33(15-24-17-47-29-6-4-3-5-27(24)29)40(62)51-32(14-23-7-9-26(57)10-8-23)39(61)49-30(43(65)66)11-12-36(45)58/h3-10,17-18,21-22,28,30-35,47,55-57H,11-16,19-20,44H2,1-2H3,(H2,45,58)(H,46,48)(H,49,61)(H,50,64)(H,51,62)(H,52,63)(H,53,60)(H,54,59)(H,65,66)/t28-,30-,31-,32-,33-,34-,35-/m0/s1. The number of benzene rings is 2. The molecule has 0 aliphatic rings. The molecule has 356 valence electrons. The molecule has 23 nitrogen and oxygen atoms in total. The van der Waals surface area contributed by atoms with E-state index >= 15 is 0 Å². The van der Waals surface area contributed by atoms with E-state index in [0.717, 1.165) is 0 Å². The Morgan fingerprint density at radius 1 is 0.667 bits per heavy atom. The van der Waals surface area contributed by atoms with Crippen LogP contribution in [-0.2, 0) is 57.6 Å². The number of rotatable bonds is 26. The lowest BCUT2D eigenvalue weighted by molar-refractivity contribution is -0.142. The zero-order valence-electron chi connectivity index (χ0n) is 36.3. The number of fused-ring (bicyclic) bond motifs is 1. The Morgan fingerprint density at radius 3 is 1.77 bits per heavy atom. The summed E-state index contributed by atoms with van der Waals surface area (Å²) in [4.78, 5) is 116. The number of aromatic hydroxyl groups is 1. The minimum Gasteiger partial charge on any atom is -0.508 e. The molecule has 7 atom stereocenters. The van der Waals surface area contributed by atoms with E-state index < -0.39 is 103 Å². The molecular formula is C43H57N11O12. The van der Waals surface area contributed by atoms with Gasteiger partial charge in [0.15, 0.2) is 0 Å². The second kappa shape index (κ2) is 24.6. The molecule has 4 aromatic rings. The van der Waals surface area contributed by atoms with Crippen LogP contribution in [-0.4, -0.2) is 138 Å². The van der Waals surface area contributed by atoms with Crippen molar-refractivity contribution in [2.75, 3.05) is 13.2 Å². The first-order valence-electron chi connectivity index (χ1n) is 21.0. The van der Waals surface area contributed by atoms with Crippen LogP contribution in [0.2, 0.25) is 0 Å². The third-order valence-electron chi connectivity index (χ3n) is 10.3. The summed E-state index contributed by atoms with van der Waals surface area (Å²) in [7, 11) is 0. The molecule has 66 heavy (non-hydrogen) atoms. The van der Waals surface area contributed by atoms with Crippen LogP contribution in [0.15, 0.2) is 67.3 Å². The fourth-order valence-corrected chi connectivity index (χ4v) is 6.80. The Hall–Kier alpha value is -7.37. The minimum atomic E-state index is -1.57. The Balaban J connectivity index is 1.67. The van der Waals surface area contributed by atoms with Crippen molar-refractivity contribution >= 4 is 58.2 Å². The lowest BCUT2D eigenvalue weighted by Gasteiger charge is -2.28. The summed E-state index contributed by atoms with van der Waals surface area (Å²) in [5.41, 5.74) is 12.9. The molecule has 7 amide bonds. The van der Waals surface area contributed by atoms with Gasteiger partial charge in [-0.2, -0.15) is 0 Å². The van der Waals surface area contributed by atoms with Crippen molar-refractivity contribution in [2.45, 2.75) is 94.7 Å². The molecule has 0 fully saturated rings. The van der Waals surface area contributed by atoms with E-state index in [4.69, 9.17) is 11.5 Å². The molecule has 2 aromatic heterocycles. The number of aliphatic carboxylic acids is 1. The van der Waals surface area contributed by atoms with Gasteiger partial charge in [0.25, 0.3) is 0 Å². The molecule has 4 rings (SSSR count). The number of nitrogens with one attached hydrogen (secondary N) is 8. The van der Waals surface area contributed by atoms with Crippen molar-refractivity contribution in [1.29, 1.82) is 0 Å². The number of carboxylic acids is 1. The number of para-hydroxylation sites is 1. The highest BCUT2D eigenvalue weighted by Gasteiger charge is 2.35. The summed E-state index contributed by atoms with van der Waals surface area (Å²) >= 11 is 0. The quantitative estimate of drug-likeness (QED) is 0.0304. The summed E-state index contributed by atoms with van der Waals surface area (Å²) in [5, 5.41) is 54.6. The highest BCUT2D eigenvalue weighted by Crippen LogP contribution is 2.20. The lowest BCUT2D eigenvalue weighted by atomic mass is 10.00. The second-order valence-corrected chi connectivity index (χ2v) is 16.0. The summed E-state index contributed by atoms with van der Waals surface area (Å²) in [6, 6.07) is 2.57. The summed E-state index contributed by atoms with van der Waals surface area (Å²) < 4.78 is 0. The molecule has 16 N–H and O–H groups in total. The molecular weight excluding hydrogens is 863 g/mol. The molecule has 23 heteroatoms. The smallest absolute Gasteiger partial charge is 0.326 e. The van der Waals surface area contributed by atoms with E-state index in [1.165, 1.54) is 36.8 Å². The molecule has 0 spiro atoms. The highest BCUT2D eigenvalue weighted by atomic mass is 16.4. The number of H-pyrrole nitrogens is 2. The number of amides is 7. The predicted molar refractivity (Wildman–Crippen MR) is 235 cm³/mol. The van der Waals surface area contributed by atoms with Crippen LogP contribution < -0.4 is 43.4 Å². The molecule has 2 aromatic carbocycles. The fraction of sp³-hybridized carbons (Fsp3) is 0.419. The fourth-order valence-electron chi connectivity index (χ4n) is 6.80. The Kier molecular flexibility index (Phi) is 19.1. The number of phenols is 1. The van der Waals surface area contributed by atoms with Crippen molar-refractivity contribution < 1.29 is 58.8 Å². The molecule has 0 aliphatic carbocycles. The first-order chi connectivity index (χ1) is 31.4. The number of primary amides is 1. The lowest BCUT2D eigenvalue weighted by Crippen LogP contribution is -2.61. The summed E-state index contributed by atoms with van der Waals surface area (Å²) in [6.45, 7) is 1.90. The number of nitrogens with two attached hydrogens (primary N) is 2. The van der Waals surface area contributed by atoms with E-state index in [1.54, 1.807) is 44.3 Å². The monoisotopic (exact) mass is 919 g/mol. The van der Waals surface area contributed by atoms with Gasteiger partial charge in [0.2, 0.25) is 41.4 Å². The van der Waals surface area contributed by atoms with Crippen LogP contribution in [0.5, 0.6) is 5.75 Å². The average molecular weight is 920 g/mol. The number of aliphatic hydroxyl groups excluding tert-OH is 2. The van der Waals surface area contributed by atoms with E-state index in [2.05, 4.69) is 46.9 Å². The van der Waals surface area contributed by atoms with Crippen molar-refractivity contribution in [1.82, 2.24) is 46.9 Å². The van der Waals surface area contributed by atoms with Crippen LogP contribution in [0.3, 0.4) is 0 Å². The molecule has 0 saturated carbocycles. The maximum atomic E-state index is 14.5. The van der Waals surface area contributed by atoms with Crippen LogP contribution >= 0.6 is 0 Å². The highest BCUT2D eigenvalue weighted by molar-refractivity contribution is 5.97. The number of aromatic amines is 2. The van der Waals surface area contributed by atoms with Crippen LogP contribution in [0.4, 0.5) is 0 Å². The zero-order chi connectivity index (χ0) is 48.5. The maximum absolute atomic E-state index is 14.5. The number of aliphatic hydroxyl groups is 2. The van der Waals surface area contributed by atoms with E-state index in [1.807, 2.05) is 0 Å². The van der Waals surface area contributed by atoms with Crippen molar-refractivity contribution in [3.05, 3.63) is 84.1 Å². The van der Waals surface area contributed by atoms with Crippen molar-refractivity contribution in [3.8, 4) is 5.75 Å². The number of hydrogen-bond donors (Lipinski definition) is 14. The first kappa shape index (κ1) is 51.3. The molecule has 0 unspecified atom stereocenters. The largest absolute Gasteiger partial charge is 0.508 e. The average Bonchev–Trinajstić information content (AvgIpc) is 3.95. The van der Waals surface area contributed by atoms with Gasteiger partial charge in [-0.1, -0.05) is 44.2 Å². The summed E-state index contributed by atoms with van der Waals surface area (Å²) in [6.07, 6.45) is 3.10. The Morgan fingerprint density at radius 2 is 1.21 bits per heavy atom. The zero-order valence-corrected chi connectivity index (χ0v) is 36.3. The topological polar surface area (TPSA) is 386 Å². The number of carbonyl (C=O) groups excluding carboxylic acids is 7. The molecule has 2 heterocycles.